The number of amides is 1. The number of benzene rings is 1. The van der Waals surface area contributed by atoms with Crippen LogP contribution in [0.4, 0.5) is 0 Å². The van der Waals surface area contributed by atoms with Crippen molar-refractivity contribution in [1.82, 2.24) is 0 Å². The van der Waals surface area contributed by atoms with Gasteiger partial charge in [-0.05, 0) is 56.7 Å². The van der Waals surface area contributed by atoms with E-state index in [0.29, 0.717) is 19.4 Å². The van der Waals surface area contributed by atoms with E-state index in [2.05, 4.69) is 6.08 Å². The molecule has 1 fully saturated rings. The van der Waals surface area contributed by atoms with E-state index < -0.39 is 23.3 Å². The third-order valence-corrected chi connectivity index (χ3v) is 5.52. The van der Waals surface area contributed by atoms with Gasteiger partial charge in [-0.1, -0.05) is 23.8 Å². The van der Waals surface area contributed by atoms with Crippen LogP contribution in [0.1, 0.15) is 38.2 Å². The highest BCUT2D eigenvalue weighted by atomic mass is 16.6. The van der Waals surface area contributed by atoms with Gasteiger partial charge in [-0.2, -0.15) is 0 Å². The summed E-state index contributed by atoms with van der Waals surface area (Å²) >= 11 is 0. The molecule has 5 nitrogen and oxygen atoms in total. The number of rotatable bonds is 9. The fourth-order valence-electron chi connectivity index (χ4n) is 3.72. The lowest BCUT2D eigenvalue weighted by Gasteiger charge is -2.26. The molecule has 0 radical (unpaired) electrons. The quantitative estimate of drug-likeness (QED) is 0.544. The molecule has 0 spiro atoms. The number of Topliss-reactive ketones (excluding diaryl/α,β-unsaturated/α-hetero) is 1. The predicted octanol–water partition coefficient (Wildman–Crippen LogP) is 2.81. The number of methoxy groups -OCH3 is 1. The fourth-order valence-corrected chi connectivity index (χ4v) is 3.72. The maximum Gasteiger partial charge on any atom is 0.221 e. The van der Waals surface area contributed by atoms with E-state index >= 15 is 0 Å². The lowest BCUT2D eigenvalue weighted by Crippen LogP contribution is -2.41. The van der Waals surface area contributed by atoms with Crippen molar-refractivity contribution in [3.8, 4) is 5.75 Å². The van der Waals surface area contributed by atoms with Crippen molar-refractivity contribution in [2.75, 3.05) is 13.7 Å². The standard InChI is InChI=1S/C21H27NO4/c1-21(13-26-21)19(23)17(11-14-5-3-4-6-14)18(20(22)24)12-15-7-9-16(25-2)10-8-15/h5,7-10,17-18H,3-4,6,11-13H2,1-2H3,(H2,22,24)/t17-,18?,21+/m0/s1. The van der Waals surface area contributed by atoms with Crippen molar-refractivity contribution >= 4 is 11.7 Å². The van der Waals surface area contributed by atoms with Crippen LogP contribution < -0.4 is 10.5 Å². The van der Waals surface area contributed by atoms with Gasteiger partial charge in [-0.25, -0.2) is 0 Å². The van der Waals surface area contributed by atoms with Gasteiger partial charge in [0.05, 0.1) is 19.6 Å². The minimum absolute atomic E-state index is 0.00242. The van der Waals surface area contributed by atoms with Crippen LogP contribution in [-0.2, 0) is 20.7 Å². The molecule has 1 aliphatic heterocycles. The molecule has 1 saturated heterocycles. The van der Waals surface area contributed by atoms with E-state index in [4.69, 9.17) is 15.2 Å². The van der Waals surface area contributed by atoms with Crippen molar-refractivity contribution in [1.29, 1.82) is 0 Å². The summed E-state index contributed by atoms with van der Waals surface area (Å²) in [5.74, 6) is -0.651. The predicted molar refractivity (Wildman–Crippen MR) is 98.8 cm³/mol. The lowest BCUT2D eigenvalue weighted by molar-refractivity contribution is -0.134. The second-order valence-electron chi connectivity index (χ2n) is 7.51. The Labute approximate surface area is 154 Å². The molecule has 1 unspecified atom stereocenters. The van der Waals surface area contributed by atoms with Gasteiger partial charge in [-0.3, -0.25) is 9.59 Å². The number of hydrogen-bond donors (Lipinski definition) is 1. The zero-order chi connectivity index (χ0) is 18.7. The normalized spacial score (nSPS) is 23.8. The SMILES string of the molecule is COc1ccc(CC(C(N)=O)[C@H](CC2=CCCC2)C(=O)[C@@]2(C)CO2)cc1. The Morgan fingerprint density at radius 1 is 1.23 bits per heavy atom. The number of ether oxygens (including phenoxy) is 2. The zero-order valence-electron chi connectivity index (χ0n) is 15.5. The number of primary amides is 1. The van der Waals surface area contributed by atoms with Gasteiger partial charge in [-0.15, -0.1) is 0 Å². The molecule has 3 atom stereocenters. The van der Waals surface area contributed by atoms with Gasteiger partial charge >= 0.3 is 0 Å². The van der Waals surface area contributed by atoms with E-state index in [0.717, 1.165) is 30.6 Å². The third-order valence-electron chi connectivity index (χ3n) is 5.52. The Hall–Kier alpha value is -2.14. The average Bonchev–Trinajstić information content (AvgIpc) is 3.18. The summed E-state index contributed by atoms with van der Waals surface area (Å²) in [6, 6.07) is 7.55. The van der Waals surface area contributed by atoms with Crippen LogP contribution in [0.2, 0.25) is 0 Å². The second kappa shape index (κ2) is 7.62. The van der Waals surface area contributed by atoms with Crippen LogP contribution in [0.5, 0.6) is 5.75 Å². The molecule has 0 aromatic heterocycles. The molecule has 1 heterocycles. The summed E-state index contributed by atoms with van der Waals surface area (Å²) in [5, 5.41) is 0. The first-order chi connectivity index (χ1) is 12.4. The first-order valence-electron chi connectivity index (χ1n) is 9.21. The molecule has 2 aliphatic rings. The van der Waals surface area contributed by atoms with Crippen LogP contribution in [0.3, 0.4) is 0 Å². The molecule has 5 heteroatoms. The van der Waals surface area contributed by atoms with E-state index in [-0.39, 0.29) is 5.78 Å². The molecule has 1 aliphatic carbocycles. The van der Waals surface area contributed by atoms with Crippen molar-refractivity contribution in [3.05, 3.63) is 41.5 Å². The Bertz CT molecular complexity index is 703. The van der Waals surface area contributed by atoms with Crippen LogP contribution >= 0.6 is 0 Å². The molecule has 0 bridgehead atoms. The highest BCUT2D eigenvalue weighted by molar-refractivity contribution is 5.95. The number of ketones is 1. The fraction of sp³-hybridized carbons (Fsp3) is 0.524. The zero-order valence-corrected chi connectivity index (χ0v) is 15.5. The minimum Gasteiger partial charge on any atom is -0.497 e. The highest BCUT2D eigenvalue weighted by Crippen LogP contribution is 2.38. The number of epoxide rings is 1. The van der Waals surface area contributed by atoms with Gasteiger partial charge < -0.3 is 15.2 Å². The Morgan fingerprint density at radius 3 is 2.42 bits per heavy atom. The van der Waals surface area contributed by atoms with Crippen molar-refractivity contribution in [2.24, 2.45) is 17.6 Å². The van der Waals surface area contributed by atoms with E-state index in [1.54, 1.807) is 14.0 Å². The summed E-state index contributed by atoms with van der Waals surface area (Å²) in [4.78, 5) is 25.4. The van der Waals surface area contributed by atoms with Crippen LogP contribution in [0, 0.1) is 11.8 Å². The van der Waals surface area contributed by atoms with Crippen LogP contribution in [-0.4, -0.2) is 31.0 Å². The van der Waals surface area contributed by atoms with E-state index in [1.807, 2.05) is 24.3 Å². The monoisotopic (exact) mass is 357 g/mol. The first-order valence-corrected chi connectivity index (χ1v) is 9.21. The molecule has 2 N–H and O–H groups in total. The van der Waals surface area contributed by atoms with E-state index in [1.165, 1.54) is 5.57 Å². The third kappa shape index (κ3) is 4.15. The molecular weight excluding hydrogens is 330 g/mol. The summed E-state index contributed by atoms with van der Waals surface area (Å²) in [6.07, 6.45) is 6.39. The summed E-state index contributed by atoms with van der Waals surface area (Å²) in [5.41, 5.74) is 7.21. The molecular formula is C21H27NO4. The van der Waals surface area contributed by atoms with Crippen LogP contribution in [0.25, 0.3) is 0 Å². The summed E-state index contributed by atoms with van der Waals surface area (Å²) < 4.78 is 10.6. The first kappa shape index (κ1) is 18.6. The summed E-state index contributed by atoms with van der Waals surface area (Å²) in [6.45, 7) is 2.23. The highest BCUT2D eigenvalue weighted by Gasteiger charge is 2.51. The number of nitrogens with two attached hydrogens (primary N) is 1. The minimum atomic E-state index is -0.753. The number of carbonyl (C=O) groups excluding carboxylic acids is 2. The molecule has 0 saturated carbocycles. The van der Waals surface area contributed by atoms with Gasteiger partial charge in [0.15, 0.2) is 5.78 Å². The Kier molecular flexibility index (Phi) is 5.47. The Balaban J connectivity index is 1.83. The number of allylic oxidation sites excluding steroid dienone is 2. The molecule has 1 aromatic rings. The molecule has 1 amide bonds. The summed E-state index contributed by atoms with van der Waals surface area (Å²) in [7, 11) is 1.61. The van der Waals surface area contributed by atoms with Gasteiger partial charge in [0.25, 0.3) is 0 Å². The van der Waals surface area contributed by atoms with Gasteiger partial charge in [0, 0.05) is 5.92 Å². The maximum atomic E-state index is 13.1. The molecule has 1 aromatic carbocycles. The Morgan fingerprint density at radius 2 is 1.92 bits per heavy atom. The van der Waals surface area contributed by atoms with Crippen molar-refractivity contribution < 1.29 is 19.1 Å². The van der Waals surface area contributed by atoms with E-state index in [9.17, 15) is 9.59 Å². The molecule has 3 rings (SSSR count). The average molecular weight is 357 g/mol. The van der Waals surface area contributed by atoms with Crippen molar-refractivity contribution in [2.45, 2.75) is 44.6 Å². The second-order valence-corrected chi connectivity index (χ2v) is 7.51. The largest absolute Gasteiger partial charge is 0.497 e. The topological polar surface area (TPSA) is 81.9 Å². The van der Waals surface area contributed by atoms with Crippen molar-refractivity contribution in [3.63, 3.8) is 0 Å². The number of hydrogen-bond acceptors (Lipinski definition) is 4. The maximum absolute atomic E-state index is 13.1. The van der Waals surface area contributed by atoms with Gasteiger partial charge in [0.1, 0.15) is 11.4 Å². The molecule has 26 heavy (non-hydrogen) atoms. The van der Waals surface area contributed by atoms with Crippen LogP contribution in [0.15, 0.2) is 35.9 Å². The smallest absolute Gasteiger partial charge is 0.221 e. The molecule has 140 valence electrons. The number of carbonyl (C=O) groups is 2. The lowest BCUT2D eigenvalue weighted by atomic mass is 9.76. The van der Waals surface area contributed by atoms with Gasteiger partial charge in [0.2, 0.25) is 5.91 Å².